The Hall–Kier alpha value is -1.94. The second-order valence-corrected chi connectivity index (χ2v) is 6.17. The zero-order valence-corrected chi connectivity index (χ0v) is 14.1. The number of carbonyl (C=O) groups excluding carboxylic acids is 1. The Morgan fingerprint density at radius 1 is 1.00 bits per heavy atom. The molecule has 0 bridgehead atoms. The van der Waals surface area contributed by atoms with Crippen LogP contribution in [0.4, 0.5) is 5.69 Å². The van der Waals surface area contributed by atoms with E-state index in [-0.39, 0.29) is 5.91 Å². The summed E-state index contributed by atoms with van der Waals surface area (Å²) in [6.07, 6.45) is 2.06. The highest BCUT2D eigenvalue weighted by atomic mass is 32.2. The van der Waals surface area contributed by atoms with Crippen molar-refractivity contribution in [2.45, 2.75) is 11.4 Å². The zero-order chi connectivity index (χ0) is 15.9. The summed E-state index contributed by atoms with van der Waals surface area (Å²) in [6, 6.07) is 18.3. The highest BCUT2D eigenvalue weighted by Gasteiger charge is 2.12. The lowest BCUT2D eigenvalue weighted by molar-refractivity contribution is -0.128. The molecule has 0 N–H and O–H groups in total. The summed E-state index contributed by atoms with van der Waals surface area (Å²) in [7, 11) is 3.79. The van der Waals surface area contributed by atoms with Gasteiger partial charge in [0.15, 0.2) is 0 Å². The Morgan fingerprint density at radius 3 is 2.23 bits per heavy atom. The summed E-state index contributed by atoms with van der Waals surface area (Å²) < 4.78 is 0. The molecule has 3 nitrogen and oxygen atoms in total. The van der Waals surface area contributed by atoms with E-state index in [1.807, 2.05) is 49.3 Å². The Kier molecular flexibility index (Phi) is 5.90. The monoisotopic (exact) mass is 314 g/mol. The van der Waals surface area contributed by atoms with Crippen molar-refractivity contribution in [1.82, 2.24) is 4.90 Å². The molecule has 2 aromatic rings. The standard InChI is InChI=1S/C18H22N2OS/c1-19(16-7-5-4-6-8-16)14-18(21)20(2)13-15-9-11-17(22-3)12-10-15/h4-12H,13-14H2,1-3H3. The van der Waals surface area contributed by atoms with Crippen LogP contribution in [0.3, 0.4) is 0 Å². The number of hydrogen-bond donors (Lipinski definition) is 0. The lowest BCUT2D eigenvalue weighted by Crippen LogP contribution is -2.36. The Balaban J connectivity index is 1.91. The molecule has 0 saturated heterocycles. The fourth-order valence-corrected chi connectivity index (χ4v) is 2.60. The number of anilines is 1. The van der Waals surface area contributed by atoms with Gasteiger partial charge in [-0.05, 0) is 36.1 Å². The Morgan fingerprint density at radius 2 is 1.64 bits per heavy atom. The van der Waals surface area contributed by atoms with Gasteiger partial charge in [0.1, 0.15) is 0 Å². The van der Waals surface area contributed by atoms with Gasteiger partial charge < -0.3 is 9.80 Å². The number of likely N-dealkylation sites (N-methyl/N-ethyl adjacent to an activating group) is 2. The molecule has 116 valence electrons. The molecule has 0 spiro atoms. The van der Waals surface area contributed by atoms with Gasteiger partial charge in [-0.25, -0.2) is 0 Å². The molecule has 22 heavy (non-hydrogen) atoms. The average molecular weight is 314 g/mol. The molecular formula is C18H22N2OS. The molecule has 0 aliphatic heterocycles. The number of benzene rings is 2. The van der Waals surface area contributed by atoms with Crippen LogP contribution in [0.15, 0.2) is 59.5 Å². The maximum atomic E-state index is 12.3. The summed E-state index contributed by atoms with van der Waals surface area (Å²) in [4.78, 5) is 17.3. The number of thioether (sulfide) groups is 1. The topological polar surface area (TPSA) is 23.6 Å². The fraction of sp³-hybridized carbons (Fsp3) is 0.278. The Labute approximate surface area is 136 Å². The Bertz CT molecular complexity index is 598. The molecule has 0 radical (unpaired) electrons. The second-order valence-electron chi connectivity index (χ2n) is 5.29. The van der Waals surface area contributed by atoms with Crippen LogP contribution in [0.2, 0.25) is 0 Å². The minimum Gasteiger partial charge on any atom is -0.365 e. The van der Waals surface area contributed by atoms with Crippen molar-refractivity contribution in [3.63, 3.8) is 0 Å². The number of carbonyl (C=O) groups is 1. The van der Waals surface area contributed by atoms with Crippen LogP contribution in [-0.4, -0.2) is 37.7 Å². The van der Waals surface area contributed by atoms with Gasteiger partial charge >= 0.3 is 0 Å². The van der Waals surface area contributed by atoms with Crippen LogP contribution in [0.5, 0.6) is 0 Å². The van der Waals surface area contributed by atoms with Crippen LogP contribution in [0.1, 0.15) is 5.56 Å². The highest BCUT2D eigenvalue weighted by molar-refractivity contribution is 7.98. The second kappa shape index (κ2) is 7.90. The minimum absolute atomic E-state index is 0.111. The van der Waals surface area contributed by atoms with Gasteiger partial charge in [-0.1, -0.05) is 30.3 Å². The van der Waals surface area contributed by atoms with Gasteiger partial charge in [-0.2, -0.15) is 0 Å². The van der Waals surface area contributed by atoms with Gasteiger partial charge in [0.2, 0.25) is 5.91 Å². The molecule has 0 unspecified atom stereocenters. The molecule has 0 heterocycles. The van der Waals surface area contributed by atoms with Gasteiger partial charge in [-0.15, -0.1) is 11.8 Å². The van der Waals surface area contributed by atoms with E-state index in [1.54, 1.807) is 16.7 Å². The van der Waals surface area contributed by atoms with E-state index < -0.39 is 0 Å². The van der Waals surface area contributed by atoms with E-state index in [0.717, 1.165) is 11.3 Å². The van der Waals surface area contributed by atoms with Gasteiger partial charge in [0, 0.05) is 31.2 Å². The third kappa shape index (κ3) is 4.53. The third-order valence-electron chi connectivity index (χ3n) is 3.57. The van der Waals surface area contributed by atoms with Crippen molar-refractivity contribution in [3.8, 4) is 0 Å². The van der Waals surface area contributed by atoms with Crippen molar-refractivity contribution in [1.29, 1.82) is 0 Å². The lowest BCUT2D eigenvalue weighted by atomic mass is 10.2. The van der Waals surface area contributed by atoms with E-state index in [2.05, 4.69) is 30.5 Å². The molecule has 1 amide bonds. The smallest absolute Gasteiger partial charge is 0.242 e. The largest absolute Gasteiger partial charge is 0.365 e. The molecule has 0 aliphatic rings. The van der Waals surface area contributed by atoms with Crippen LogP contribution < -0.4 is 4.90 Å². The highest BCUT2D eigenvalue weighted by Crippen LogP contribution is 2.16. The number of nitrogens with zero attached hydrogens (tertiary/aromatic N) is 2. The molecule has 0 fully saturated rings. The first-order valence-corrected chi connectivity index (χ1v) is 8.45. The third-order valence-corrected chi connectivity index (χ3v) is 4.32. The van der Waals surface area contributed by atoms with Gasteiger partial charge in [-0.3, -0.25) is 4.79 Å². The van der Waals surface area contributed by atoms with E-state index in [0.29, 0.717) is 13.1 Å². The maximum absolute atomic E-state index is 12.3. The molecule has 0 aliphatic carbocycles. The number of para-hydroxylation sites is 1. The predicted molar refractivity (Wildman–Crippen MR) is 94.4 cm³/mol. The van der Waals surface area contributed by atoms with Gasteiger partial charge in [0.05, 0.1) is 6.54 Å². The number of rotatable bonds is 6. The molecule has 0 atom stereocenters. The lowest BCUT2D eigenvalue weighted by Gasteiger charge is -2.23. The first kappa shape index (κ1) is 16.4. The van der Waals surface area contributed by atoms with Crippen LogP contribution in [-0.2, 0) is 11.3 Å². The van der Waals surface area contributed by atoms with Crippen molar-refractivity contribution in [3.05, 3.63) is 60.2 Å². The predicted octanol–water partition coefficient (Wildman–Crippen LogP) is 3.50. The molecule has 0 saturated carbocycles. The first-order valence-electron chi connectivity index (χ1n) is 7.23. The van der Waals surface area contributed by atoms with Crippen LogP contribution >= 0.6 is 11.8 Å². The number of amides is 1. The normalized spacial score (nSPS) is 10.3. The van der Waals surface area contributed by atoms with E-state index in [9.17, 15) is 4.79 Å². The summed E-state index contributed by atoms with van der Waals surface area (Å²) in [6.45, 7) is 1.01. The molecule has 2 aromatic carbocycles. The molecular weight excluding hydrogens is 292 g/mol. The average Bonchev–Trinajstić information content (AvgIpc) is 2.56. The fourth-order valence-electron chi connectivity index (χ4n) is 2.19. The molecule has 0 aromatic heterocycles. The van der Waals surface area contributed by atoms with Crippen molar-refractivity contribution >= 4 is 23.4 Å². The summed E-state index contributed by atoms with van der Waals surface area (Å²) in [5, 5.41) is 0. The SMILES string of the molecule is CSc1ccc(CN(C)C(=O)CN(C)c2ccccc2)cc1. The first-order chi connectivity index (χ1) is 10.6. The van der Waals surface area contributed by atoms with Crippen LogP contribution in [0.25, 0.3) is 0 Å². The maximum Gasteiger partial charge on any atom is 0.242 e. The zero-order valence-electron chi connectivity index (χ0n) is 13.3. The van der Waals surface area contributed by atoms with Crippen LogP contribution in [0, 0.1) is 0 Å². The number of hydrogen-bond acceptors (Lipinski definition) is 3. The van der Waals surface area contributed by atoms with Crippen molar-refractivity contribution in [2.24, 2.45) is 0 Å². The molecule has 4 heteroatoms. The van der Waals surface area contributed by atoms with Crippen molar-refractivity contribution in [2.75, 3.05) is 31.8 Å². The van der Waals surface area contributed by atoms with E-state index in [1.165, 1.54) is 4.90 Å². The van der Waals surface area contributed by atoms with Crippen molar-refractivity contribution < 1.29 is 4.79 Å². The van der Waals surface area contributed by atoms with E-state index >= 15 is 0 Å². The van der Waals surface area contributed by atoms with Gasteiger partial charge in [0.25, 0.3) is 0 Å². The molecule has 2 rings (SSSR count). The summed E-state index contributed by atoms with van der Waals surface area (Å²) >= 11 is 1.72. The summed E-state index contributed by atoms with van der Waals surface area (Å²) in [5.74, 6) is 0.111. The minimum atomic E-state index is 0.111. The van der Waals surface area contributed by atoms with E-state index in [4.69, 9.17) is 0 Å². The quantitative estimate of drug-likeness (QED) is 0.762. The summed E-state index contributed by atoms with van der Waals surface area (Å²) in [5.41, 5.74) is 2.20.